The van der Waals surface area contributed by atoms with Crippen LogP contribution in [0.4, 0.5) is 0 Å². The molecule has 112 valence electrons. The highest BCUT2D eigenvalue weighted by molar-refractivity contribution is 7.99. The molecular weight excluding hydrogens is 272 g/mol. The van der Waals surface area contributed by atoms with Crippen LogP contribution >= 0.6 is 11.8 Å². The van der Waals surface area contributed by atoms with Gasteiger partial charge in [0.15, 0.2) is 0 Å². The lowest BCUT2D eigenvalue weighted by Crippen LogP contribution is -1.92. The third-order valence-electron chi connectivity index (χ3n) is 3.98. The molecule has 2 rings (SSSR count). The Morgan fingerprint density at radius 1 is 0.667 bits per heavy atom. The Kier molecular flexibility index (Phi) is 5.16. The molecule has 0 N–H and O–H groups in total. The average molecular weight is 298 g/mol. The van der Waals surface area contributed by atoms with Crippen molar-refractivity contribution in [3.8, 4) is 0 Å². The molecule has 0 bridgehead atoms. The number of rotatable bonds is 4. The fourth-order valence-corrected chi connectivity index (χ4v) is 3.37. The van der Waals surface area contributed by atoms with E-state index in [9.17, 15) is 0 Å². The number of benzene rings is 2. The second kappa shape index (κ2) is 6.70. The summed E-state index contributed by atoms with van der Waals surface area (Å²) >= 11 is 1.90. The Hall–Kier alpha value is -1.21. The highest BCUT2D eigenvalue weighted by Crippen LogP contribution is 2.35. The minimum atomic E-state index is 0.577. The minimum absolute atomic E-state index is 0.577. The number of aryl methyl sites for hydroxylation is 2. The Bertz CT molecular complexity index is 568. The van der Waals surface area contributed by atoms with Gasteiger partial charge in [-0.15, -0.1) is 0 Å². The van der Waals surface area contributed by atoms with Gasteiger partial charge in [-0.25, -0.2) is 0 Å². The second-order valence-corrected chi connectivity index (χ2v) is 7.55. The molecule has 1 heteroatoms. The molecule has 0 saturated heterocycles. The first-order valence-corrected chi connectivity index (χ1v) is 8.59. The lowest BCUT2D eigenvalue weighted by atomic mass is 10.0. The molecule has 0 aliphatic carbocycles. The third-order valence-corrected chi connectivity index (χ3v) is 5.30. The van der Waals surface area contributed by atoms with Crippen molar-refractivity contribution in [2.45, 2.75) is 63.2 Å². The SMILES string of the molecule is Cc1ccc(C(C)C)cc1Sc1cc(C(C)C)ccc1C. The molecule has 2 aromatic rings. The van der Waals surface area contributed by atoms with Crippen LogP contribution in [-0.4, -0.2) is 0 Å². The zero-order valence-electron chi connectivity index (χ0n) is 14.0. The van der Waals surface area contributed by atoms with E-state index in [0.29, 0.717) is 11.8 Å². The molecule has 21 heavy (non-hydrogen) atoms. The van der Waals surface area contributed by atoms with Gasteiger partial charge in [0.25, 0.3) is 0 Å². The average Bonchev–Trinajstić information content (AvgIpc) is 2.43. The van der Waals surface area contributed by atoms with Crippen LogP contribution in [0.1, 0.15) is 61.8 Å². The van der Waals surface area contributed by atoms with Crippen LogP contribution in [0.3, 0.4) is 0 Å². The van der Waals surface area contributed by atoms with E-state index in [2.05, 4.69) is 77.9 Å². The first-order valence-electron chi connectivity index (χ1n) is 7.77. The molecule has 0 spiro atoms. The van der Waals surface area contributed by atoms with Crippen molar-refractivity contribution in [1.29, 1.82) is 0 Å². The summed E-state index contributed by atoms with van der Waals surface area (Å²) in [6.45, 7) is 13.4. The van der Waals surface area contributed by atoms with Gasteiger partial charge in [0.2, 0.25) is 0 Å². The van der Waals surface area contributed by atoms with Crippen molar-refractivity contribution in [3.05, 3.63) is 58.7 Å². The summed E-state index contributed by atoms with van der Waals surface area (Å²) in [4.78, 5) is 2.76. The molecule has 0 atom stereocenters. The molecule has 0 aliphatic heterocycles. The summed E-state index contributed by atoms with van der Waals surface area (Å²) < 4.78 is 0. The quantitative estimate of drug-likeness (QED) is 0.605. The number of hydrogen-bond donors (Lipinski definition) is 0. The smallest absolute Gasteiger partial charge is 0.0154 e. The molecule has 0 heterocycles. The largest absolute Gasteiger partial charge is 0.0895 e. The molecule has 0 radical (unpaired) electrons. The van der Waals surface area contributed by atoms with E-state index in [1.165, 1.54) is 32.0 Å². The predicted octanol–water partition coefficient (Wildman–Crippen LogP) is 6.70. The maximum Gasteiger partial charge on any atom is 0.0154 e. The zero-order chi connectivity index (χ0) is 15.6. The molecule has 2 aromatic carbocycles. The second-order valence-electron chi connectivity index (χ2n) is 6.46. The lowest BCUT2D eigenvalue weighted by molar-refractivity contribution is 0.859. The van der Waals surface area contributed by atoms with E-state index < -0.39 is 0 Å². The van der Waals surface area contributed by atoms with Crippen LogP contribution in [0.25, 0.3) is 0 Å². The minimum Gasteiger partial charge on any atom is -0.0895 e. The molecule has 0 aromatic heterocycles. The monoisotopic (exact) mass is 298 g/mol. The summed E-state index contributed by atoms with van der Waals surface area (Å²) in [5, 5.41) is 0. The van der Waals surface area contributed by atoms with Crippen LogP contribution < -0.4 is 0 Å². The number of hydrogen-bond acceptors (Lipinski definition) is 1. The Morgan fingerprint density at radius 3 is 1.38 bits per heavy atom. The zero-order valence-corrected chi connectivity index (χ0v) is 14.8. The maximum absolute atomic E-state index is 2.35. The maximum atomic E-state index is 2.35. The van der Waals surface area contributed by atoms with Gasteiger partial charge in [-0.1, -0.05) is 63.7 Å². The van der Waals surface area contributed by atoms with E-state index in [4.69, 9.17) is 0 Å². The Morgan fingerprint density at radius 2 is 1.05 bits per heavy atom. The Balaban J connectivity index is 2.37. The summed E-state index contributed by atoms with van der Waals surface area (Å²) in [5.41, 5.74) is 5.55. The Labute approximate surface area is 134 Å². The van der Waals surface area contributed by atoms with Crippen molar-refractivity contribution in [1.82, 2.24) is 0 Å². The fraction of sp³-hybridized carbons (Fsp3) is 0.400. The van der Waals surface area contributed by atoms with Gasteiger partial charge in [-0.3, -0.25) is 0 Å². The summed E-state index contributed by atoms with van der Waals surface area (Å²) in [6, 6.07) is 13.7. The molecular formula is C20H26S. The van der Waals surface area contributed by atoms with E-state index >= 15 is 0 Å². The third kappa shape index (κ3) is 3.91. The summed E-state index contributed by atoms with van der Waals surface area (Å²) in [5.74, 6) is 1.15. The van der Waals surface area contributed by atoms with E-state index in [0.717, 1.165) is 0 Å². The van der Waals surface area contributed by atoms with Crippen LogP contribution in [-0.2, 0) is 0 Å². The van der Waals surface area contributed by atoms with Gasteiger partial charge in [-0.05, 0) is 60.1 Å². The van der Waals surface area contributed by atoms with Crippen LogP contribution in [0.2, 0.25) is 0 Å². The van der Waals surface area contributed by atoms with E-state index in [1.807, 2.05) is 11.8 Å². The molecule has 0 fully saturated rings. The van der Waals surface area contributed by atoms with Gasteiger partial charge in [0.05, 0.1) is 0 Å². The molecule has 0 saturated carbocycles. The van der Waals surface area contributed by atoms with Crippen LogP contribution in [0, 0.1) is 13.8 Å². The van der Waals surface area contributed by atoms with Crippen LogP contribution in [0.5, 0.6) is 0 Å². The first kappa shape index (κ1) is 16.2. The fourth-order valence-electron chi connectivity index (χ4n) is 2.29. The van der Waals surface area contributed by atoms with Gasteiger partial charge in [0.1, 0.15) is 0 Å². The lowest BCUT2D eigenvalue weighted by Gasteiger charge is -2.14. The topological polar surface area (TPSA) is 0 Å². The van der Waals surface area contributed by atoms with E-state index in [1.54, 1.807) is 0 Å². The van der Waals surface area contributed by atoms with Gasteiger partial charge < -0.3 is 0 Å². The van der Waals surface area contributed by atoms with Crippen molar-refractivity contribution < 1.29 is 0 Å². The van der Waals surface area contributed by atoms with Crippen molar-refractivity contribution >= 4 is 11.8 Å². The molecule has 0 amide bonds. The summed E-state index contributed by atoms with van der Waals surface area (Å²) in [7, 11) is 0. The molecule has 0 nitrogen and oxygen atoms in total. The van der Waals surface area contributed by atoms with E-state index in [-0.39, 0.29) is 0 Å². The highest BCUT2D eigenvalue weighted by Gasteiger charge is 2.09. The molecule has 0 unspecified atom stereocenters. The van der Waals surface area contributed by atoms with Gasteiger partial charge in [-0.2, -0.15) is 0 Å². The highest BCUT2D eigenvalue weighted by atomic mass is 32.2. The van der Waals surface area contributed by atoms with Gasteiger partial charge >= 0.3 is 0 Å². The standard InChI is InChI=1S/C20H26S/c1-13(2)17-9-7-15(5)19(11-17)21-20-12-18(14(3)4)10-8-16(20)6/h7-14H,1-6H3. The first-order chi connectivity index (χ1) is 9.88. The molecule has 0 aliphatic rings. The van der Waals surface area contributed by atoms with Crippen LogP contribution in [0.15, 0.2) is 46.2 Å². The van der Waals surface area contributed by atoms with Crippen molar-refractivity contribution in [2.24, 2.45) is 0 Å². The van der Waals surface area contributed by atoms with Gasteiger partial charge in [0, 0.05) is 9.79 Å². The normalized spacial score (nSPS) is 11.4. The van der Waals surface area contributed by atoms with Crippen molar-refractivity contribution in [3.63, 3.8) is 0 Å². The van der Waals surface area contributed by atoms with Crippen molar-refractivity contribution in [2.75, 3.05) is 0 Å². The predicted molar refractivity (Wildman–Crippen MR) is 94.7 cm³/mol. The summed E-state index contributed by atoms with van der Waals surface area (Å²) in [6.07, 6.45) is 0.